The number of carbonyl (C=O) groups excluding carboxylic acids is 1. The van der Waals surface area contributed by atoms with Crippen molar-refractivity contribution in [2.24, 2.45) is 0 Å². The highest BCUT2D eigenvalue weighted by Crippen LogP contribution is 2.17. The lowest BCUT2D eigenvalue weighted by atomic mass is 10.2. The Morgan fingerprint density at radius 1 is 1.44 bits per heavy atom. The highest BCUT2D eigenvalue weighted by atomic mass is 35.5. The van der Waals surface area contributed by atoms with E-state index < -0.39 is 5.97 Å². The Morgan fingerprint density at radius 2 is 2.12 bits per heavy atom. The summed E-state index contributed by atoms with van der Waals surface area (Å²) in [6.45, 7) is 1.03. The number of nitrogens with two attached hydrogens (primary N) is 1. The van der Waals surface area contributed by atoms with Gasteiger partial charge >= 0.3 is 5.97 Å². The zero-order chi connectivity index (χ0) is 12.1. The number of benzene rings is 1. The van der Waals surface area contributed by atoms with Crippen molar-refractivity contribution < 1.29 is 9.53 Å². The second kappa shape index (κ2) is 5.72. The first-order chi connectivity index (χ1) is 7.49. The second-order valence-corrected chi connectivity index (χ2v) is 4.15. The zero-order valence-corrected chi connectivity index (χ0v) is 10.1. The third-order valence-electron chi connectivity index (χ3n) is 1.93. The van der Waals surface area contributed by atoms with Gasteiger partial charge in [-0.3, -0.25) is 0 Å². The molecule has 1 rings (SSSR count). The molecule has 0 aliphatic carbocycles. The van der Waals surface area contributed by atoms with Crippen molar-refractivity contribution in [1.29, 1.82) is 0 Å². The fourth-order valence-corrected chi connectivity index (χ4v) is 1.38. The summed E-state index contributed by atoms with van der Waals surface area (Å²) < 4.78 is 5.05. The van der Waals surface area contributed by atoms with Crippen LogP contribution >= 0.6 is 11.6 Å². The number of esters is 1. The fourth-order valence-electron chi connectivity index (χ4n) is 1.13. The minimum absolute atomic E-state index is 0.345. The van der Waals surface area contributed by atoms with Gasteiger partial charge < -0.3 is 15.4 Å². The first kappa shape index (κ1) is 12.8. The van der Waals surface area contributed by atoms with E-state index in [0.29, 0.717) is 29.4 Å². The Hall–Kier alpha value is -1.26. The van der Waals surface area contributed by atoms with Gasteiger partial charge in [0.15, 0.2) is 0 Å². The number of carbonyl (C=O) groups is 1. The molecule has 0 spiro atoms. The summed E-state index contributed by atoms with van der Waals surface area (Å²) in [6, 6.07) is 4.66. The van der Waals surface area contributed by atoms with Crippen LogP contribution in [0.4, 0.5) is 5.69 Å². The van der Waals surface area contributed by atoms with Crippen molar-refractivity contribution in [2.45, 2.75) is 0 Å². The van der Waals surface area contributed by atoms with E-state index in [1.165, 1.54) is 6.07 Å². The number of rotatable bonds is 4. The quantitative estimate of drug-likeness (QED) is 0.644. The molecule has 0 unspecified atom stereocenters. The summed E-state index contributed by atoms with van der Waals surface area (Å²) in [7, 11) is 3.82. The van der Waals surface area contributed by atoms with Crippen LogP contribution in [0, 0.1) is 0 Å². The summed E-state index contributed by atoms with van der Waals surface area (Å²) in [5, 5.41) is 0.430. The molecule has 1 aromatic rings. The Labute approximate surface area is 99.9 Å². The van der Waals surface area contributed by atoms with Gasteiger partial charge in [0.25, 0.3) is 0 Å². The maximum absolute atomic E-state index is 11.6. The molecule has 0 radical (unpaired) electrons. The lowest BCUT2D eigenvalue weighted by molar-refractivity contribution is 0.0482. The van der Waals surface area contributed by atoms with Crippen molar-refractivity contribution in [1.82, 2.24) is 4.90 Å². The third kappa shape index (κ3) is 4.08. The van der Waals surface area contributed by atoms with Crippen molar-refractivity contribution >= 4 is 23.3 Å². The van der Waals surface area contributed by atoms with Crippen LogP contribution in [0.5, 0.6) is 0 Å². The number of likely N-dealkylation sites (N-methyl/N-ethyl adjacent to an activating group) is 1. The van der Waals surface area contributed by atoms with Crippen LogP contribution in [0.15, 0.2) is 18.2 Å². The number of ether oxygens (including phenoxy) is 1. The zero-order valence-electron chi connectivity index (χ0n) is 9.37. The van der Waals surface area contributed by atoms with Gasteiger partial charge in [0.1, 0.15) is 6.61 Å². The van der Waals surface area contributed by atoms with E-state index in [-0.39, 0.29) is 0 Å². The van der Waals surface area contributed by atoms with Gasteiger partial charge in [-0.05, 0) is 32.3 Å². The van der Waals surface area contributed by atoms with Gasteiger partial charge in [0.05, 0.1) is 5.56 Å². The van der Waals surface area contributed by atoms with E-state index in [2.05, 4.69) is 0 Å². The molecule has 88 valence electrons. The smallest absolute Gasteiger partial charge is 0.338 e. The number of halogens is 1. The average molecular weight is 243 g/mol. The molecule has 0 atom stereocenters. The molecule has 5 heteroatoms. The van der Waals surface area contributed by atoms with Gasteiger partial charge in [-0.2, -0.15) is 0 Å². The minimum Gasteiger partial charge on any atom is -0.461 e. The van der Waals surface area contributed by atoms with E-state index >= 15 is 0 Å². The van der Waals surface area contributed by atoms with Crippen LogP contribution in [0.3, 0.4) is 0 Å². The molecule has 0 aromatic heterocycles. The highest BCUT2D eigenvalue weighted by molar-refractivity contribution is 6.31. The van der Waals surface area contributed by atoms with E-state index in [0.717, 1.165) is 0 Å². The largest absolute Gasteiger partial charge is 0.461 e. The summed E-state index contributed by atoms with van der Waals surface area (Å²) in [6.07, 6.45) is 0. The van der Waals surface area contributed by atoms with E-state index in [9.17, 15) is 4.79 Å². The summed E-state index contributed by atoms with van der Waals surface area (Å²) in [5.74, 6) is -0.406. The molecule has 1 aromatic carbocycles. The molecule has 2 N–H and O–H groups in total. The first-order valence-corrected chi connectivity index (χ1v) is 5.25. The Bertz CT molecular complexity index is 360. The lowest BCUT2D eigenvalue weighted by Crippen LogP contribution is -2.20. The van der Waals surface area contributed by atoms with Gasteiger partial charge in [-0.25, -0.2) is 4.79 Å². The van der Waals surface area contributed by atoms with Crippen LogP contribution in [0.25, 0.3) is 0 Å². The van der Waals surface area contributed by atoms with Crippen LogP contribution in [-0.2, 0) is 4.74 Å². The second-order valence-electron chi connectivity index (χ2n) is 3.71. The minimum atomic E-state index is -0.406. The summed E-state index contributed by atoms with van der Waals surface area (Å²) in [4.78, 5) is 13.5. The lowest BCUT2D eigenvalue weighted by Gasteiger charge is -2.10. The molecule has 16 heavy (non-hydrogen) atoms. The highest BCUT2D eigenvalue weighted by Gasteiger charge is 2.08. The molecule has 4 nitrogen and oxygen atoms in total. The number of anilines is 1. The summed E-state index contributed by atoms with van der Waals surface area (Å²) >= 11 is 5.78. The predicted octanol–water partition coefficient (Wildman–Crippen LogP) is 1.64. The monoisotopic (exact) mass is 242 g/mol. The van der Waals surface area contributed by atoms with E-state index in [4.69, 9.17) is 22.1 Å². The van der Waals surface area contributed by atoms with Gasteiger partial charge in [0, 0.05) is 17.3 Å². The van der Waals surface area contributed by atoms with Gasteiger partial charge in [-0.1, -0.05) is 11.6 Å². The molecular formula is C11H15ClN2O2. The maximum Gasteiger partial charge on any atom is 0.338 e. The summed E-state index contributed by atoms with van der Waals surface area (Å²) in [5.41, 5.74) is 6.40. The van der Waals surface area contributed by atoms with Gasteiger partial charge in [0.2, 0.25) is 0 Å². The number of nitrogen functional groups attached to an aromatic ring is 1. The van der Waals surface area contributed by atoms with Crippen molar-refractivity contribution in [3.8, 4) is 0 Å². The first-order valence-electron chi connectivity index (χ1n) is 4.87. The van der Waals surface area contributed by atoms with Crippen LogP contribution in [0.2, 0.25) is 5.02 Å². The number of nitrogens with zero attached hydrogens (tertiary/aromatic N) is 1. The molecule has 0 saturated heterocycles. The SMILES string of the molecule is CN(C)CCOC(=O)c1cc(N)cc(Cl)c1. The average Bonchev–Trinajstić information content (AvgIpc) is 2.15. The Balaban J connectivity index is 2.59. The van der Waals surface area contributed by atoms with Crippen LogP contribution in [-0.4, -0.2) is 38.1 Å². The molecule has 0 aliphatic heterocycles. The molecule has 0 bridgehead atoms. The van der Waals surface area contributed by atoms with Crippen molar-refractivity contribution in [3.63, 3.8) is 0 Å². The van der Waals surface area contributed by atoms with Gasteiger partial charge in [-0.15, -0.1) is 0 Å². The molecule has 0 fully saturated rings. The standard InChI is InChI=1S/C11H15ClN2O2/c1-14(2)3-4-16-11(15)8-5-9(12)7-10(13)6-8/h5-7H,3-4,13H2,1-2H3. The molecule has 0 amide bonds. The number of hydrogen-bond acceptors (Lipinski definition) is 4. The fraction of sp³-hybridized carbons (Fsp3) is 0.364. The predicted molar refractivity (Wildman–Crippen MR) is 64.7 cm³/mol. The Kier molecular flexibility index (Phi) is 4.58. The molecule has 0 saturated carbocycles. The number of hydrogen-bond donors (Lipinski definition) is 1. The van der Waals surface area contributed by atoms with Crippen LogP contribution < -0.4 is 5.73 Å². The molecule has 0 aliphatic rings. The maximum atomic E-state index is 11.6. The third-order valence-corrected chi connectivity index (χ3v) is 2.15. The molecular weight excluding hydrogens is 228 g/mol. The molecule has 0 heterocycles. The van der Waals surface area contributed by atoms with Crippen molar-refractivity contribution in [3.05, 3.63) is 28.8 Å². The van der Waals surface area contributed by atoms with Crippen LogP contribution in [0.1, 0.15) is 10.4 Å². The topological polar surface area (TPSA) is 55.6 Å². The van der Waals surface area contributed by atoms with Crippen molar-refractivity contribution in [2.75, 3.05) is 33.0 Å². The Morgan fingerprint density at radius 3 is 2.69 bits per heavy atom. The van der Waals surface area contributed by atoms with E-state index in [1.807, 2.05) is 19.0 Å². The normalized spacial score (nSPS) is 10.5. The van der Waals surface area contributed by atoms with E-state index in [1.54, 1.807) is 12.1 Å².